The molecule has 1 fully saturated rings. The van der Waals surface area contributed by atoms with Crippen molar-refractivity contribution in [1.82, 2.24) is 34.5 Å². The fourth-order valence-corrected chi connectivity index (χ4v) is 3.88. The molecule has 33 heavy (non-hydrogen) atoms. The Hall–Kier alpha value is -3.61. The van der Waals surface area contributed by atoms with Crippen LogP contribution >= 0.6 is 0 Å². The molecule has 1 aliphatic heterocycles. The number of aliphatic hydroxyl groups is 2. The summed E-state index contributed by atoms with van der Waals surface area (Å²) in [4.78, 5) is 13.1. The highest BCUT2D eigenvalue weighted by molar-refractivity contribution is 5.82. The lowest BCUT2D eigenvalue weighted by atomic mass is 10.1. The number of hydrogen-bond donors (Lipinski definition) is 3. The highest BCUT2D eigenvalue weighted by Gasteiger charge is 2.44. The van der Waals surface area contributed by atoms with Crippen molar-refractivity contribution in [2.75, 3.05) is 12.4 Å². The van der Waals surface area contributed by atoms with Gasteiger partial charge in [0.15, 0.2) is 23.2 Å². The van der Waals surface area contributed by atoms with Crippen LogP contribution in [0.15, 0.2) is 43.1 Å². The van der Waals surface area contributed by atoms with Gasteiger partial charge in [-0.3, -0.25) is 4.57 Å². The molecule has 0 spiro atoms. The van der Waals surface area contributed by atoms with E-state index in [0.717, 1.165) is 17.0 Å². The minimum absolute atomic E-state index is 0.256. The highest BCUT2D eigenvalue weighted by Crippen LogP contribution is 2.33. The SMILES string of the molecule is COc1ccc(CNc2ncnc3c2ncn3[C@@H]2O[C@H](Cn3cc(C)nn3)C(O)C2O)cc1. The van der Waals surface area contributed by atoms with Crippen LogP contribution in [0.25, 0.3) is 11.2 Å². The lowest BCUT2D eigenvalue weighted by Crippen LogP contribution is -2.33. The Morgan fingerprint density at radius 3 is 2.67 bits per heavy atom. The summed E-state index contributed by atoms with van der Waals surface area (Å²) in [6, 6.07) is 7.71. The summed E-state index contributed by atoms with van der Waals surface area (Å²) in [5.74, 6) is 1.34. The van der Waals surface area contributed by atoms with Gasteiger partial charge in [-0.05, 0) is 24.6 Å². The maximum Gasteiger partial charge on any atom is 0.167 e. The molecule has 4 atom stereocenters. The number of fused-ring (bicyclic) bond motifs is 1. The molecule has 0 bridgehead atoms. The van der Waals surface area contributed by atoms with Crippen molar-refractivity contribution in [3.63, 3.8) is 0 Å². The van der Waals surface area contributed by atoms with Gasteiger partial charge in [0.25, 0.3) is 0 Å². The van der Waals surface area contributed by atoms with Crippen LogP contribution in [0.2, 0.25) is 0 Å². The molecule has 0 saturated carbocycles. The van der Waals surface area contributed by atoms with Crippen LogP contribution < -0.4 is 10.1 Å². The number of rotatable bonds is 7. The van der Waals surface area contributed by atoms with Crippen LogP contribution in [-0.2, 0) is 17.8 Å². The Kier molecular flexibility index (Phi) is 5.62. The molecule has 5 rings (SSSR count). The van der Waals surface area contributed by atoms with Crippen molar-refractivity contribution < 1.29 is 19.7 Å². The molecule has 4 heterocycles. The maximum absolute atomic E-state index is 10.7. The van der Waals surface area contributed by atoms with E-state index in [1.54, 1.807) is 22.6 Å². The molecule has 1 aliphatic rings. The highest BCUT2D eigenvalue weighted by atomic mass is 16.6. The third-order valence-electron chi connectivity index (χ3n) is 5.61. The number of nitrogens with one attached hydrogen (secondary N) is 1. The number of aryl methyl sites for hydroxylation is 1. The third-order valence-corrected chi connectivity index (χ3v) is 5.61. The second-order valence-electron chi connectivity index (χ2n) is 7.88. The lowest BCUT2D eigenvalue weighted by molar-refractivity contribution is -0.0403. The van der Waals surface area contributed by atoms with Crippen LogP contribution in [0, 0.1) is 6.92 Å². The quantitative estimate of drug-likeness (QED) is 0.366. The van der Waals surface area contributed by atoms with Gasteiger partial charge in [-0.2, -0.15) is 0 Å². The molecule has 2 unspecified atom stereocenters. The van der Waals surface area contributed by atoms with Gasteiger partial charge in [-0.1, -0.05) is 17.3 Å². The van der Waals surface area contributed by atoms with Crippen LogP contribution in [0.3, 0.4) is 0 Å². The largest absolute Gasteiger partial charge is 0.497 e. The summed E-state index contributed by atoms with van der Waals surface area (Å²) in [6.07, 6.45) is 0.900. The van der Waals surface area contributed by atoms with E-state index < -0.39 is 24.5 Å². The molecule has 1 aromatic carbocycles. The first-order valence-corrected chi connectivity index (χ1v) is 10.5. The number of aromatic nitrogens is 7. The average Bonchev–Trinajstić information content (AvgIpc) is 3.52. The molecular weight excluding hydrogens is 428 g/mol. The standard InChI is InChI=1S/C21H24N8O4/c1-12-8-28(27-26-12)9-15-17(30)18(31)21(33-15)29-11-25-16-19(23-10-24-20(16)29)22-7-13-3-5-14(32-2)6-4-13/h3-6,8,10-11,15,17-18,21,30-31H,7,9H2,1-2H3,(H,22,23,24)/t15-,17?,18?,21-/m1/s1. The molecule has 4 aromatic rings. The number of anilines is 1. The fourth-order valence-electron chi connectivity index (χ4n) is 3.88. The summed E-state index contributed by atoms with van der Waals surface area (Å²) in [7, 11) is 1.63. The Morgan fingerprint density at radius 1 is 1.12 bits per heavy atom. The number of nitrogens with zero attached hydrogens (tertiary/aromatic N) is 7. The summed E-state index contributed by atoms with van der Waals surface area (Å²) < 4.78 is 14.4. The Morgan fingerprint density at radius 2 is 1.94 bits per heavy atom. The Bertz CT molecular complexity index is 1240. The van der Waals surface area contributed by atoms with Crippen LogP contribution in [0.1, 0.15) is 17.5 Å². The van der Waals surface area contributed by atoms with E-state index in [-0.39, 0.29) is 6.54 Å². The minimum atomic E-state index is -1.16. The first-order valence-electron chi connectivity index (χ1n) is 10.5. The van der Waals surface area contributed by atoms with E-state index in [9.17, 15) is 10.2 Å². The minimum Gasteiger partial charge on any atom is -0.497 e. The van der Waals surface area contributed by atoms with Crippen molar-refractivity contribution in [2.45, 2.75) is 44.6 Å². The van der Waals surface area contributed by atoms with Crippen LogP contribution in [0.5, 0.6) is 5.75 Å². The number of benzene rings is 1. The maximum atomic E-state index is 10.7. The van der Waals surface area contributed by atoms with E-state index in [1.807, 2.05) is 31.2 Å². The molecule has 0 amide bonds. The summed E-state index contributed by atoms with van der Waals surface area (Å²) in [5.41, 5.74) is 2.82. The van der Waals surface area contributed by atoms with Crippen LogP contribution in [0.4, 0.5) is 5.82 Å². The molecular formula is C21H24N8O4. The number of hydrogen-bond acceptors (Lipinski definition) is 10. The van der Waals surface area contributed by atoms with Gasteiger partial charge in [0.05, 0.1) is 25.7 Å². The summed E-state index contributed by atoms with van der Waals surface area (Å²) in [6.45, 7) is 2.61. The van der Waals surface area contributed by atoms with Gasteiger partial charge < -0.3 is 25.0 Å². The van der Waals surface area contributed by atoms with Crippen LogP contribution in [-0.4, -0.2) is 70.1 Å². The smallest absolute Gasteiger partial charge is 0.167 e. The number of ether oxygens (including phenoxy) is 2. The molecule has 1 saturated heterocycles. The van der Waals surface area contributed by atoms with Crippen molar-refractivity contribution in [3.05, 3.63) is 54.4 Å². The molecule has 0 aliphatic carbocycles. The molecule has 0 radical (unpaired) electrons. The zero-order chi connectivity index (χ0) is 22.9. The van der Waals surface area contributed by atoms with E-state index in [0.29, 0.717) is 23.5 Å². The molecule has 3 N–H and O–H groups in total. The predicted molar refractivity (Wildman–Crippen MR) is 116 cm³/mol. The molecule has 172 valence electrons. The van der Waals surface area contributed by atoms with Gasteiger partial charge in [0.2, 0.25) is 0 Å². The molecule has 12 heteroatoms. The van der Waals surface area contributed by atoms with E-state index in [2.05, 4.69) is 30.6 Å². The van der Waals surface area contributed by atoms with Crippen molar-refractivity contribution in [3.8, 4) is 5.75 Å². The molecule has 3 aromatic heterocycles. The fraction of sp³-hybridized carbons (Fsp3) is 0.381. The third kappa shape index (κ3) is 4.11. The lowest BCUT2D eigenvalue weighted by Gasteiger charge is -2.16. The van der Waals surface area contributed by atoms with E-state index in [1.165, 1.54) is 12.7 Å². The summed E-state index contributed by atoms with van der Waals surface area (Å²) >= 11 is 0. The predicted octanol–water partition coefficient (Wildman–Crippen LogP) is 0.666. The topological polar surface area (TPSA) is 145 Å². The zero-order valence-corrected chi connectivity index (χ0v) is 18.1. The van der Waals surface area contributed by atoms with Gasteiger partial charge >= 0.3 is 0 Å². The first kappa shape index (κ1) is 21.2. The number of imidazole rings is 1. The number of methoxy groups -OCH3 is 1. The van der Waals surface area contributed by atoms with Crippen molar-refractivity contribution in [1.29, 1.82) is 0 Å². The van der Waals surface area contributed by atoms with Crippen molar-refractivity contribution >= 4 is 17.0 Å². The van der Waals surface area contributed by atoms with E-state index >= 15 is 0 Å². The first-order chi connectivity index (χ1) is 16.0. The Balaban J connectivity index is 1.34. The Labute approximate surface area is 188 Å². The second kappa shape index (κ2) is 8.73. The van der Waals surface area contributed by atoms with Crippen molar-refractivity contribution in [2.24, 2.45) is 0 Å². The van der Waals surface area contributed by atoms with E-state index in [4.69, 9.17) is 9.47 Å². The zero-order valence-electron chi connectivity index (χ0n) is 18.1. The second-order valence-corrected chi connectivity index (χ2v) is 7.88. The number of aliphatic hydroxyl groups excluding tert-OH is 2. The van der Waals surface area contributed by atoms with Gasteiger partial charge in [0, 0.05) is 12.7 Å². The van der Waals surface area contributed by atoms with Gasteiger partial charge in [-0.25, -0.2) is 19.6 Å². The normalized spacial score (nSPS) is 22.7. The molecule has 12 nitrogen and oxygen atoms in total. The summed E-state index contributed by atoms with van der Waals surface area (Å²) in [5, 5.41) is 32.4. The monoisotopic (exact) mass is 452 g/mol. The van der Waals surface area contributed by atoms with Gasteiger partial charge in [-0.15, -0.1) is 5.10 Å². The van der Waals surface area contributed by atoms with Gasteiger partial charge in [0.1, 0.15) is 30.4 Å². The average molecular weight is 452 g/mol.